The van der Waals surface area contributed by atoms with Crippen molar-refractivity contribution in [3.8, 4) is 5.75 Å². The fourth-order valence-corrected chi connectivity index (χ4v) is 2.07. The topological polar surface area (TPSA) is 69.7 Å². The molecule has 110 valence electrons. The first-order chi connectivity index (χ1) is 10.1. The number of hydrogen-bond donors (Lipinski definition) is 0. The summed E-state index contributed by atoms with van der Waals surface area (Å²) in [5, 5.41) is 0. The first-order valence-corrected chi connectivity index (χ1v) is 6.79. The van der Waals surface area contributed by atoms with Gasteiger partial charge in [0.25, 0.3) is 0 Å². The second-order valence-corrected chi connectivity index (χ2v) is 4.75. The summed E-state index contributed by atoms with van der Waals surface area (Å²) in [6.07, 6.45) is 4.17. The first kappa shape index (κ1) is 15.0. The average Bonchev–Trinajstić information content (AvgIpc) is 2.89. The standard InChI is InChI=1S/C16H16O5/c17-14-8-4-5-12(14)11-20-15(18)9-10-16(19)21-13-6-2-1-3-7-13/h1-3,6-7,9-10,12H,4-5,8,11H2/b10-9+. The van der Waals surface area contributed by atoms with Gasteiger partial charge in [0.15, 0.2) is 0 Å². The lowest BCUT2D eigenvalue weighted by Crippen LogP contribution is -2.16. The third-order valence-electron chi connectivity index (χ3n) is 3.18. The van der Waals surface area contributed by atoms with Gasteiger partial charge in [0.05, 0.1) is 5.92 Å². The lowest BCUT2D eigenvalue weighted by atomic mass is 10.1. The van der Waals surface area contributed by atoms with Crippen molar-refractivity contribution in [1.29, 1.82) is 0 Å². The summed E-state index contributed by atoms with van der Waals surface area (Å²) in [4.78, 5) is 34.3. The van der Waals surface area contributed by atoms with E-state index in [1.54, 1.807) is 30.3 Å². The largest absolute Gasteiger partial charge is 0.462 e. The molecule has 1 aromatic carbocycles. The SMILES string of the molecule is O=C(/C=C/C(=O)Oc1ccccc1)OCC1CCCC1=O. The Hall–Kier alpha value is -2.43. The van der Waals surface area contributed by atoms with Gasteiger partial charge in [0.2, 0.25) is 0 Å². The molecule has 1 atom stereocenters. The Kier molecular flexibility index (Phi) is 5.26. The number of Topliss-reactive ketones (excluding diaryl/α,β-unsaturated/α-hetero) is 1. The molecule has 5 nitrogen and oxygen atoms in total. The lowest BCUT2D eigenvalue weighted by Gasteiger charge is -2.07. The zero-order valence-corrected chi connectivity index (χ0v) is 11.5. The Morgan fingerprint density at radius 2 is 1.86 bits per heavy atom. The van der Waals surface area contributed by atoms with Crippen molar-refractivity contribution in [1.82, 2.24) is 0 Å². The molecule has 0 heterocycles. The summed E-state index contributed by atoms with van der Waals surface area (Å²) in [5.41, 5.74) is 0. The number of para-hydroxylation sites is 1. The highest BCUT2D eigenvalue weighted by molar-refractivity contribution is 5.92. The van der Waals surface area contributed by atoms with Crippen molar-refractivity contribution in [2.45, 2.75) is 19.3 Å². The van der Waals surface area contributed by atoms with Crippen molar-refractivity contribution in [2.24, 2.45) is 5.92 Å². The highest BCUT2D eigenvalue weighted by atomic mass is 16.5. The quantitative estimate of drug-likeness (QED) is 0.471. The Balaban J connectivity index is 1.74. The third-order valence-corrected chi connectivity index (χ3v) is 3.18. The number of ketones is 1. The van der Waals surface area contributed by atoms with Crippen LogP contribution in [-0.4, -0.2) is 24.3 Å². The van der Waals surface area contributed by atoms with Gasteiger partial charge in [-0.05, 0) is 25.0 Å². The van der Waals surface area contributed by atoms with Crippen LogP contribution in [0.15, 0.2) is 42.5 Å². The summed E-state index contributed by atoms with van der Waals surface area (Å²) < 4.78 is 9.91. The van der Waals surface area contributed by atoms with Gasteiger partial charge in [-0.25, -0.2) is 9.59 Å². The van der Waals surface area contributed by atoms with Crippen LogP contribution in [0.5, 0.6) is 5.75 Å². The highest BCUT2D eigenvalue weighted by Crippen LogP contribution is 2.21. The van der Waals surface area contributed by atoms with Crippen molar-refractivity contribution in [3.05, 3.63) is 42.5 Å². The predicted octanol–water partition coefficient (Wildman–Crippen LogP) is 2.06. The molecule has 1 aliphatic rings. The zero-order chi connectivity index (χ0) is 15.1. The molecule has 1 aliphatic carbocycles. The maximum Gasteiger partial charge on any atom is 0.336 e. The van der Waals surface area contributed by atoms with E-state index in [9.17, 15) is 14.4 Å². The Morgan fingerprint density at radius 1 is 1.14 bits per heavy atom. The van der Waals surface area contributed by atoms with Crippen LogP contribution in [0.3, 0.4) is 0 Å². The summed E-state index contributed by atoms with van der Waals surface area (Å²) in [6, 6.07) is 8.54. The minimum atomic E-state index is -0.657. The molecule has 0 saturated heterocycles. The van der Waals surface area contributed by atoms with Crippen LogP contribution < -0.4 is 4.74 Å². The van der Waals surface area contributed by atoms with Crippen LogP contribution in [0, 0.1) is 5.92 Å². The summed E-state index contributed by atoms with van der Waals surface area (Å²) in [7, 11) is 0. The molecule has 0 aliphatic heterocycles. The van der Waals surface area contributed by atoms with Crippen LogP contribution in [-0.2, 0) is 19.1 Å². The van der Waals surface area contributed by atoms with Gasteiger partial charge in [-0.3, -0.25) is 4.79 Å². The number of carbonyl (C=O) groups excluding carboxylic acids is 3. The summed E-state index contributed by atoms with van der Waals surface area (Å²) in [5.74, 6) is -0.972. The highest BCUT2D eigenvalue weighted by Gasteiger charge is 2.25. The van der Waals surface area contributed by atoms with Crippen LogP contribution in [0.2, 0.25) is 0 Å². The first-order valence-electron chi connectivity index (χ1n) is 6.79. The van der Waals surface area contributed by atoms with E-state index in [-0.39, 0.29) is 18.3 Å². The molecule has 0 N–H and O–H groups in total. The Morgan fingerprint density at radius 3 is 2.52 bits per heavy atom. The molecule has 1 saturated carbocycles. The lowest BCUT2D eigenvalue weighted by molar-refractivity contribution is -0.140. The van der Waals surface area contributed by atoms with E-state index >= 15 is 0 Å². The number of rotatable bonds is 5. The Labute approximate surface area is 122 Å². The second-order valence-electron chi connectivity index (χ2n) is 4.75. The van der Waals surface area contributed by atoms with Crippen LogP contribution in [0.25, 0.3) is 0 Å². The van der Waals surface area contributed by atoms with Gasteiger partial charge >= 0.3 is 11.9 Å². The normalized spacial score (nSPS) is 17.9. The maximum absolute atomic E-state index is 11.5. The molecule has 0 bridgehead atoms. The van der Waals surface area contributed by atoms with Gasteiger partial charge in [0.1, 0.15) is 18.1 Å². The predicted molar refractivity (Wildman–Crippen MR) is 74.5 cm³/mol. The second kappa shape index (κ2) is 7.38. The van der Waals surface area contributed by atoms with Gasteiger partial charge in [-0.15, -0.1) is 0 Å². The minimum Gasteiger partial charge on any atom is -0.462 e. The Bertz CT molecular complexity index is 547. The summed E-state index contributed by atoms with van der Waals surface area (Å²) >= 11 is 0. The van der Waals surface area contributed by atoms with Crippen molar-refractivity contribution < 1.29 is 23.9 Å². The summed E-state index contributed by atoms with van der Waals surface area (Å²) in [6.45, 7) is 0.0791. The fraction of sp³-hybridized carbons (Fsp3) is 0.312. The third kappa shape index (κ3) is 4.87. The molecule has 21 heavy (non-hydrogen) atoms. The molecular formula is C16H16O5. The number of esters is 2. The number of carbonyl (C=O) groups is 3. The molecule has 0 amide bonds. The van der Waals surface area contributed by atoms with Gasteiger partial charge < -0.3 is 9.47 Å². The van der Waals surface area contributed by atoms with Gasteiger partial charge in [-0.1, -0.05) is 18.2 Å². The van der Waals surface area contributed by atoms with Crippen LogP contribution >= 0.6 is 0 Å². The molecular weight excluding hydrogens is 272 g/mol. The number of ether oxygens (including phenoxy) is 2. The van der Waals surface area contributed by atoms with E-state index in [2.05, 4.69) is 0 Å². The van der Waals surface area contributed by atoms with Gasteiger partial charge in [-0.2, -0.15) is 0 Å². The molecule has 1 aromatic rings. The van der Waals surface area contributed by atoms with Gasteiger partial charge in [0, 0.05) is 18.6 Å². The average molecular weight is 288 g/mol. The van der Waals surface area contributed by atoms with Crippen molar-refractivity contribution in [3.63, 3.8) is 0 Å². The monoisotopic (exact) mass is 288 g/mol. The van der Waals surface area contributed by atoms with Crippen molar-refractivity contribution >= 4 is 17.7 Å². The van der Waals surface area contributed by atoms with E-state index in [1.165, 1.54) is 0 Å². The number of benzene rings is 1. The zero-order valence-electron chi connectivity index (χ0n) is 11.5. The smallest absolute Gasteiger partial charge is 0.336 e. The minimum absolute atomic E-state index is 0.0791. The van der Waals surface area contributed by atoms with E-state index in [0.29, 0.717) is 12.2 Å². The van der Waals surface area contributed by atoms with E-state index in [1.807, 2.05) is 0 Å². The molecule has 0 radical (unpaired) electrons. The fourth-order valence-electron chi connectivity index (χ4n) is 2.07. The molecule has 5 heteroatoms. The molecule has 0 aromatic heterocycles. The van der Waals surface area contributed by atoms with E-state index in [0.717, 1.165) is 25.0 Å². The van der Waals surface area contributed by atoms with E-state index in [4.69, 9.17) is 9.47 Å². The maximum atomic E-state index is 11.5. The van der Waals surface area contributed by atoms with E-state index < -0.39 is 11.9 Å². The molecule has 0 spiro atoms. The molecule has 2 rings (SSSR count). The molecule has 1 unspecified atom stereocenters. The van der Waals surface area contributed by atoms with Crippen molar-refractivity contribution in [2.75, 3.05) is 6.61 Å². The van der Waals surface area contributed by atoms with Crippen LogP contribution in [0.1, 0.15) is 19.3 Å². The molecule has 1 fully saturated rings. The van der Waals surface area contributed by atoms with Crippen LogP contribution in [0.4, 0.5) is 0 Å². The number of hydrogen-bond acceptors (Lipinski definition) is 5.